The number of aromatic nitrogens is 2. The molecule has 0 aliphatic carbocycles. The van der Waals surface area contributed by atoms with E-state index in [1.165, 1.54) is 11.8 Å². The molecule has 2 heterocycles. The lowest BCUT2D eigenvalue weighted by Gasteiger charge is -2.43. The van der Waals surface area contributed by atoms with Gasteiger partial charge in [-0.2, -0.15) is 4.98 Å². The molecule has 0 saturated carbocycles. The zero-order valence-corrected chi connectivity index (χ0v) is 17.6. The van der Waals surface area contributed by atoms with Gasteiger partial charge in [0.25, 0.3) is 5.89 Å². The van der Waals surface area contributed by atoms with E-state index in [9.17, 15) is 14.7 Å². The van der Waals surface area contributed by atoms with Crippen LogP contribution in [0.2, 0.25) is 0 Å². The van der Waals surface area contributed by atoms with Gasteiger partial charge in [0.2, 0.25) is 5.91 Å². The summed E-state index contributed by atoms with van der Waals surface area (Å²) >= 11 is 0. The first kappa shape index (κ1) is 22.6. The number of anilines is 1. The number of carboxylic acid groups (broad SMARTS) is 1. The van der Waals surface area contributed by atoms with E-state index in [-0.39, 0.29) is 36.9 Å². The maximum absolute atomic E-state index is 12.3. The average Bonchev–Trinajstić information content (AvgIpc) is 3.09. The molecule has 3 N–H and O–H groups in total. The number of fused-ring (bicyclic) bond motifs is 1. The fourth-order valence-electron chi connectivity index (χ4n) is 3.88. The SMILES string of the molecule is CC(=O)N1c2ccc(-c3nc(CN)no3)cc2[C@H](N(C(=O)O)C(C)C)C[C@@H]1C.Cl. The Morgan fingerprint density at radius 1 is 1.41 bits per heavy atom. The maximum atomic E-state index is 12.3. The molecule has 0 bridgehead atoms. The van der Waals surface area contributed by atoms with Gasteiger partial charge >= 0.3 is 6.09 Å². The van der Waals surface area contributed by atoms with E-state index in [1.807, 2.05) is 26.8 Å². The summed E-state index contributed by atoms with van der Waals surface area (Å²) in [5.41, 5.74) is 7.65. The highest BCUT2D eigenvalue weighted by molar-refractivity contribution is 5.94. The van der Waals surface area contributed by atoms with E-state index in [0.29, 0.717) is 29.4 Å². The third-order valence-corrected chi connectivity index (χ3v) is 5.00. The van der Waals surface area contributed by atoms with Gasteiger partial charge < -0.3 is 20.3 Å². The molecule has 3 rings (SSSR count). The standard InChI is InChI=1S/C19H25N5O4.ClH/c1-10(2)23(19(26)27)16-7-11(3)24(12(4)25)15-6-5-13(8-14(15)16)18-21-17(9-20)22-28-18;/h5-6,8,10-11,16H,7,9,20H2,1-4H3,(H,26,27);1H/t11-,16+;/m0./s1. The number of rotatable bonds is 4. The van der Waals surface area contributed by atoms with Crippen molar-refractivity contribution in [1.29, 1.82) is 0 Å². The second kappa shape index (κ2) is 8.79. The molecule has 1 aliphatic heterocycles. The van der Waals surface area contributed by atoms with Gasteiger partial charge in [0.05, 0.1) is 12.6 Å². The van der Waals surface area contributed by atoms with E-state index in [0.717, 1.165) is 5.56 Å². The van der Waals surface area contributed by atoms with Gasteiger partial charge in [-0.1, -0.05) is 5.16 Å². The van der Waals surface area contributed by atoms with Crippen molar-refractivity contribution in [1.82, 2.24) is 15.0 Å². The van der Waals surface area contributed by atoms with Crippen LogP contribution in [-0.4, -0.2) is 44.2 Å². The number of amides is 2. The van der Waals surface area contributed by atoms with E-state index in [2.05, 4.69) is 10.1 Å². The van der Waals surface area contributed by atoms with Crippen LogP contribution in [0.5, 0.6) is 0 Å². The second-order valence-electron chi connectivity index (χ2n) is 7.27. The maximum Gasteiger partial charge on any atom is 0.408 e. The lowest BCUT2D eigenvalue weighted by atomic mass is 9.88. The molecule has 1 aromatic carbocycles. The summed E-state index contributed by atoms with van der Waals surface area (Å²) in [5, 5.41) is 13.6. The summed E-state index contributed by atoms with van der Waals surface area (Å²) in [7, 11) is 0. The van der Waals surface area contributed by atoms with Crippen LogP contribution in [0, 0.1) is 0 Å². The number of benzene rings is 1. The topological polar surface area (TPSA) is 126 Å². The Balaban J connectivity index is 0.00000300. The Bertz CT molecular complexity index is 900. The molecule has 1 aliphatic rings. The largest absolute Gasteiger partial charge is 0.465 e. The molecule has 2 amide bonds. The van der Waals surface area contributed by atoms with Gasteiger partial charge in [0, 0.05) is 30.3 Å². The third-order valence-electron chi connectivity index (χ3n) is 5.00. The van der Waals surface area contributed by atoms with Crippen molar-refractivity contribution in [2.75, 3.05) is 4.90 Å². The van der Waals surface area contributed by atoms with Crippen LogP contribution in [0.15, 0.2) is 22.7 Å². The van der Waals surface area contributed by atoms with Crippen LogP contribution in [0.1, 0.15) is 51.5 Å². The monoisotopic (exact) mass is 423 g/mol. The molecule has 9 nitrogen and oxygen atoms in total. The average molecular weight is 424 g/mol. The minimum Gasteiger partial charge on any atom is -0.465 e. The highest BCUT2D eigenvalue weighted by atomic mass is 35.5. The van der Waals surface area contributed by atoms with Crippen molar-refractivity contribution in [3.05, 3.63) is 29.6 Å². The summed E-state index contributed by atoms with van der Waals surface area (Å²) < 4.78 is 5.27. The number of hydrogen-bond acceptors (Lipinski definition) is 6. The zero-order chi connectivity index (χ0) is 20.6. The van der Waals surface area contributed by atoms with Crippen LogP contribution in [0.25, 0.3) is 11.5 Å². The molecule has 10 heteroatoms. The van der Waals surface area contributed by atoms with Crippen molar-refractivity contribution < 1.29 is 19.2 Å². The van der Waals surface area contributed by atoms with Crippen molar-refractivity contribution >= 4 is 30.1 Å². The molecule has 0 spiro atoms. The van der Waals surface area contributed by atoms with Gasteiger partial charge in [-0.3, -0.25) is 9.69 Å². The second-order valence-corrected chi connectivity index (χ2v) is 7.27. The van der Waals surface area contributed by atoms with Crippen LogP contribution in [0.3, 0.4) is 0 Å². The van der Waals surface area contributed by atoms with Gasteiger partial charge in [-0.15, -0.1) is 12.4 Å². The van der Waals surface area contributed by atoms with Crippen LogP contribution < -0.4 is 10.6 Å². The molecule has 1 aromatic heterocycles. The number of carbonyl (C=O) groups is 2. The summed E-state index contributed by atoms with van der Waals surface area (Å²) in [4.78, 5) is 31.6. The number of carbonyl (C=O) groups excluding carboxylic acids is 1. The minimum absolute atomic E-state index is 0. The molecule has 158 valence electrons. The normalized spacial score (nSPS) is 18.2. The van der Waals surface area contributed by atoms with Crippen molar-refractivity contribution in [3.8, 4) is 11.5 Å². The number of halogens is 1. The quantitative estimate of drug-likeness (QED) is 0.773. The van der Waals surface area contributed by atoms with Gasteiger partial charge in [0.15, 0.2) is 5.82 Å². The van der Waals surface area contributed by atoms with Crippen LogP contribution in [-0.2, 0) is 11.3 Å². The van der Waals surface area contributed by atoms with E-state index < -0.39 is 12.1 Å². The highest BCUT2D eigenvalue weighted by Gasteiger charge is 2.38. The molecular weight excluding hydrogens is 398 g/mol. The predicted octanol–water partition coefficient (Wildman–Crippen LogP) is 3.19. The predicted molar refractivity (Wildman–Crippen MR) is 110 cm³/mol. The molecule has 0 radical (unpaired) electrons. The van der Waals surface area contributed by atoms with Gasteiger partial charge in [0.1, 0.15) is 0 Å². The lowest BCUT2D eigenvalue weighted by molar-refractivity contribution is -0.117. The van der Waals surface area contributed by atoms with Crippen molar-refractivity contribution in [3.63, 3.8) is 0 Å². The van der Waals surface area contributed by atoms with E-state index in [1.54, 1.807) is 17.0 Å². The summed E-state index contributed by atoms with van der Waals surface area (Å²) in [6.45, 7) is 7.28. The fourth-order valence-corrected chi connectivity index (χ4v) is 3.88. The van der Waals surface area contributed by atoms with E-state index >= 15 is 0 Å². The molecule has 0 saturated heterocycles. The Kier molecular flexibility index (Phi) is 6.86. The summed E-state index contributed by atoms with van der Waals surface area (Å²) in [6, 6.07) is 4.68. The Hall–Kier alpha value is -2.65. The summed E-state index contributed by atoms with van der Waals surface area (Å²) in [6.07, 6.45) is -0.499. The highest BCUT2D eigenvalue weighted by Crippen LogP contribution is 2.42. The summed E-state index contributed by atoms with van der Waals surface area (Å²) in [5.74, 6) is 0.605. The first-order chi connectivity index (χ1) is 13.2. The Morgan fingerprint density at radius 2 is 2.10 bits per heavy atom. The van der Waals surface area contributed by atoms with Gasteiger partial charge in [-0.05, 0) is 51.0 Å². The minimum atomic E-state index is -0.997. The molecular formula is C19H26ClN5O4. The molecule has 2 atom stereocenters. The van der Waals surface area contributed by atoms with Crippen LogP contribution >= 0.6 is 12.4 Å². The molecule has 0 fully saturated rings. The number of nitrogens with two attached hydrogens (primary N) is 1. The first-order valence-corrected chi connectivity index (χ1v) is 9.22. The Morgan fingerprint density at radius 3 is 2.62 bits per heavy atom. The molecule has 0 unspecified atom stereocenters. The first-order valence-electron chi connectivity index (χ1n) is 9.22. The smallest absolute Gasteiger partial charge is 0.408 e. The van der Waals surface area contributed by atoms with Gasteiger partial charge in [-0.25, -0.2) is 4.79 Å². The number of nitrogens with zero attached hydrogens (tertiary/aromatic N) is 4. The fraction of sp³-hybridized carbons (Fsp3) is 0.474. The Labute approximate surface area is 175 Å². The molecule has 29 heavy (non-hydrogen) atoms. The number of hydrogen-bond donors (Lipinski definition) is 2. The van der Waals surface area contributed by atoms with Crippen molar-refractivity contribution in [2.24, 2.45) is 5.73 Å². The molecule has 2 aromatic rings. The van der Waals surface area contributed by atoms with Crippen LogP contribution in [0.4, 0.5) is 10.5 Å². The van der Waals surface area contributed by atoms with E-state index in [4.69, 9.17) is 10.3 Å². The van der Waals surface area contributed by atoms with Crippen molar-refractivity contribution in [2.45, 2.75) is 58.8 Å². The zero-order valence-electron chi connectivity index (χ0n) is 16.8. The lowest BCUT2D eigenvalue weighted by Crippen LogP contribution is -2.48. The third kappa shape index (κ3) is 4.20.